The van der Waals surface area contributed by atoms with Gasteiger partial charge in [-0.05, 0) is 62.6 Å². The molecule has 1 atom stereocenters. The molecule has 1 saturated carbocycles. The van der Waals surface area contributed by atoms with Crippen LogP contribution in [0.4, 0.5) is 5.69 Å². The minimum absolute atomic E-state index is 0.116. The van der Waals surface area contributed by atoms with E-state index >= 15 is 0 Å². The Morgan fingerprint density at radius 1 is 1.20 bits per heavy atom. The molecular formula is C21H32N2O2. The molecule has 1 heterocycles. The van der Waals surface area contributed by atoms with E-state index in [9.17, 15) is 9.90 Å². The number of piperidine rings is 1. The zero-order valence-corrected chi connectivity index (χ0v) is 15.4. The van der Waals surface area contributed by atoms with E-state index in [1.807, 2.05) is 23.1 Å². The highest BCUT2D eigenvalue weighted by Crippen LogP contribution is 2.28. The van der Waals surface area contributed by atoms with Crippen molar-refractivity contribution in [3.05, 3.63) is 29.8 Å². The molecule has 1 aromatic rings. The molecule has 4 nitrogen and oxygen atoms in total. The van der Waals surface area contributed by atoms with Gasteiger partial charge in [-0.15, -0.1) is 0 Å². The molecule has 2 N–H and O–H groups in total. The van der Waals surface area contributed by atoms with Crippen LogP contribution in [0.3, 0.4) is 0 Å². The van der Waals surface area contributed by atoms with E-state index in [0.717, 1.165) is 43.1 Å². The minimum Gasteiger partial charge on any atom is -0.396 e. The summed E-state index contributed by atoms with van der Waals surface area (Å²) >= 11 is 0. The fraction of sp³-hybridized carbons (Fsp3) is 0.667. The van der Waals surface area contributed by atoms with E-state index in [1.165, 1.54) is 32.1 Å². The molecule has 1 amide bonds. The van der Waals surface area contributed by atoms with Crippen LogP contribution in [0.15, 0.2) is 24.3 Å². The average Bonchev–Trinajstić information content (AvgIpc) is 2.68. The number of carbonyl (C=O) groups excluding carboxylic acids is 1. The maximum absolute atomic E-state index is 12.8. The summed E-state index contributed by atoms with van der Waals surface area (Å²) in [5.74, 6) is 1.21. The van der Waals surface area contributed by atoms with Crippen molar-refractivity contribution in [1.29, 1.82) is 0 Å². The van der Waals surface area contributed by atoms with Crippen molar-refractivity contribution < 1.29 is 9.90 Å². The van der Waals surface area contributed by atoms with Crippen molar-refractivity contribution in [2.45, 2.75) is 57.9 Å². The number of carbonyl (C=O) groups is 1. The lowest BCUT2D eigenvalue weighted by atomic mass is 9.84. The number of hydrogen-bond acceptors (Lipinski definition) is 3. The minimum atomic E-state index is 0.116. The molecule has 4 heteroatoms. The molecule has 1 aromatic carbocycles. The first-order valence-electron chi connectivity index (χ1n) is 9.94. The Hall–Kier alpha value is -1.55. The lowest BCUT2D eigenvalue weighted by Crippen LogP contribution is -2.39. The molecule has 1 aliphatic carbocycles. The van der Waals surface area contributed by atoms with Gasteiger partial charge >= 0.3 is 0 Å². The fourth-order valence-corrected chi connectivity index (χ4v) is 4.26. The maximum atomic E-state index is 12.8. The predicted octanol–water partition coefficient (Wildman–Crippen LogP) is 3.91. The van der Waals surface area contributed by atoms with Crippen LogP contribution in [0.25, 0.3) is 0 Å². The number of likely N-dealkylation sites (tertiary alicyclic amines) is 1. The predicted molar refractivity (Wildman–Crippen MR) is 102 cm³/mol. The number of rotatable bonds is 5. The van der Waals surface area contributed by atoms with Crippen LogP contribution in [-0.2, 0) is 0 Å². The van der Waals surface area contributed by atoms with Gasteiger partial charge in [-0.2, -0.15) is 0 Å². The quantitative estimate of drug-likeness (QED) is 0.851. The van der Waals surface area contributed by atoms with Gasteiger partial charge in [-0.25, -0.2) is 0 Å². The van der Waals surface area contributed by atoms with E-state index < -0.39 is 0 Å². The van der Waals surface area contributed by atoms with Gasteiger partial charge < -0.3 is 15.3 Å². The highest BCUT2D eigenvalue weighted by Gasteiger charge is 2.24. The second-order valence-corrected chi connectivity index (χ2v) is 7.83. The zero-order valence-electron chi connectivity index (χ0n) is 15.4. The molecule has 1 saturated heterocycles. The topological polar surface area (TPSA) is 52.6 Å². The third-order valence-corrected chi connectivity index (χ3v) is 6.02. The van der Waals surface area contributed by atoms with Crippen molar-refractivity contribution in [3.8, 4) is 0 Å². The van der Waals surface area contributed by atoms with Crippen molar-refractivity contribution >= 4 is 11.6 Å². The number of aliphatic hydroxyl groups is 1. The summed E-state index contributed by atoms with van der Waals surface area (Å²) in [7, 11) is 0. The first-order valence-corrected chi connectivity index (χ1v) is 9.94. The van der Waals surface area contributed by atoms with Crippen LogP contribution in [0, 0.1) is 11.8 Å². The summed E-state index contributed by atoms with van der Waals surface area (Å²) in [6.45, 7) is 4.00. The third-order valence-electron chi connectivity index (χ3n) is 6.02. The van der Waals surface area contributed by atoms with Gasteiger partial charge in [0.25, 0.3) is 5.91 Å². The number of benzene rings is 1. The second-order valence-electron chi connectivity index (χ2n) is 7.83. The average molecular weight is 344 g/mol. The number of nitrogens with zero attached hydrogens (tertiary/aromatic N) is 1. The van der Waals surface area contributed by atoms with Gasteiger partial charge in [0.05, 0.1) is 0 Å². The Balaban J connectivity index is 1.60. The Bertz CT molecular complexity index is 561. The van der Waals surface area contributed by atoms with Crippen molar-refractivity contribution in [3.63, 3.8) is 0 Å². The Morgan fingerprint density at radius 2 is 1.92 bits per heavy atom. The van der Waals surface area contributed by atoms with E-state index in [2.05, 4.69) is 18.3 Å². The zero-order chi connectivity index (χ0) is 17.6. The van der Waals surface area contributed by atoms with Crippen LogP contribution in [-0.4, -0.2) is 41.7 Å². The normalized spacial score (nSPS) is 21.1. The van der Waals surface area contributed by atoms with Crippen LogP contribution in [0.2, 0.25) is 0 Å². The second kappa shape index (κ2) is 8.70. The van der Waals surface area contributed by atoms with Crippen LogP contribution < -0.4 is 5.32 Å². The smallest absolute Gasteiger partial charge is 0.253 e. The molecular weight excluding hydrogens is 312 g/mol. The summed E-state index contributed by atoms with van der Waals surface area (Å²) in [6, 6.07) is 8.40. The summed E-state index contributed by atoms with van der Waals surface area (Å²) in [6.07, 6.45) is 8.50. The molecule has 25 heavy (non-hydrogen) atoms. The van der Waals surface area contributed by atoms with Gasteiger partial charge in [0.1, 0.15) is 0 Å². The number of hydrogen-bond donors (Lipinski definition) is 2. The summed E-state index contributed by atoms with van der Waals surface area (Å²) in [5, 5.41) is 12.9. The molecule has 0 spiro atoms. The highest BCUT2D eigenvalue weighted by atomic mass is 16.3. The third kappa shape index (κ3) is 4.75. The molecule has 2 fully saturated rings. The van der Waals surface area contributed by atoms with E-state index in [0.29, 0.717) is 12.0 Å². The summed E-state index contributed by atoms with van der Waals surface area (Å²) in [5.41, 5.74) is 1.82. The lowest BCUT2D eigenvalue weighted by Gasteiger charge is -2.31. The number of amides is 1. The molecule has 0 aromatic heterocycles. The Morgan fingerprint density at radius 3 is 2.60 bits per heavy atom. The van der Waals surface area contributed by atoms with Gasteiger partial charge in [0, 0.05) is 37.0 Å². The fourth-order valence-electron chi connectivity index (χ4n) is 4.26. The molecule has 0 bridgehead atoms. The standard InChI is InChI=1S/C21H32N2O2/c1-16(18-6-3-2-4-7-18)22-20-9-5-8-19(14-20)21(25)23-12-10-17(15-24)11-13-23/h5,8-9,14,16-18,22,24H,2-4,6-7,10-13,15H2,1H3. The van der Waals surface area contributed by atoms with Gasteiger partial charge in [0.2, 0.25) is 0 Å². The first-order chi connectivity index (χ1) is 12.2. The van der Waals surface area contributed by atoms with Gasteiger partial charge in [0.15, 0.2) is 0 Å². The van der Waals surface area contributed by atoms with Crippen molar-refractivity contribution in [1.82, 2.24) is 4.90 Å². The van der Waals surface area contributed by atoms with Crippen LogP contribution >= 0.6 is 0 Å². The van der Waals surface area contributed by atoms with Crippen molar-refractivity contribution in [2.24, 2.45) is 11.8 Å². The highest BCUT2D eigenvalue weighted by molar-refractivity contribution is 5.95. The monoisotopic (exact) mass is 344 g/mol. The van der Waals surface area contributed by atoms with E-state index in [4.69, 9.17) is 0 Å². The number of nitrogens with one attached hydrogen (secondary N) is 1. The Labute approximate surface area is 151 Å². The van der Waals surface area contributed by atoms with Crippen LogP contribution in [0.1, 0.15) is 62.2 Å². The van der Waals surface area contributed by atoms with Gasteiger partial charge in [-0.1, -0.05) is 25.3 Å². The molecule has 2 aliphatic rings. The summed E-state index contributed by atoms with van der Waals surface area (Å²) in [4.78, 5) is 14.7. The molecule has 3 rings (SSSR count). The SMILES string of the molecule is CC(Nc1cccc(C(=O)N2CCC(CO)CC2)c1)C1CCCCC1. The first kappa shape index (κ1) is 18.2. The number of anilines is 1. The van der Waals surface area contributed by atoms with Gasteiger partial charge in [-0.3, -0.25) is 4.79 Å². The van der Waals surface area contributed by atoms with E-state index in [1.54, 1.807) is 0 Å². The number of aliphatic hydroxyl groups excluding tert-OH is 1. The molecule has 0 radical (unpaired) electrons. The van der Waals surface area contributed by atoms with Crippen LogP contribution in [0.5, 0.6) is 0 Å². The summed E-state index contributed by atoms with van der Waals surface area (Å²) < 4.78 is 0. The lowest BCUT2D eigenvalue weighted by molar-refractivity contribution is 0.0651. The van der Waals surface area contributed by atoms with E-state index in [-0.39, 0.29) is 12.5 Å². The molecule has 1 aliphatic heterocycles. The Kier molecular flexibility index (Phi) is 6.35. The molecule has 1 unspecified atom stereocenters. The largest absolute Gasteiger partial charge is 0.396 e. The molecule has 138 valence electrons. The van der Waals surface area contributed by atoms with Crippen molar-refractivity contribution in [2.75, 3.05) is 25.0 Å². The maximum Gasteiger partial charge on any atom is 0.253 e.